The number of halogens is 3. The maximum Gasteiger partial charge on any atom is 0.266 e. The number of ether oxygens (including phenoxy) is 2. The van der Waals surface area contributed by atoms with Crippen LogP contribution in [0.3, 0.4) is 0 Å². The van der Waals surface area contributed by atoms with Gasteiger partial charge >= 0.3 is 0 Å². The van der Waals surface area contributed by atoms with Gasteiger partial charge in [0.1, 0.15) is 24.0 Å². The zero-order valence-electron chi connectivity index (χ0n) is 17.6. The third kappa shape index (κ3) is 7.13. The van der Waals surface area contributed by atoms with E-state index in [1.807, 2.05) is 37.3 Å². The van der Waals surface area contributed by atoms with Crippen molar-refractivity contribution in [3.63, 3.8) is 0 Å². The summed E-state index contributed by atoms with van der Waals surface area (Å²) < 4.78 is 12.4. The molecule has 0 bridgehead atoms. The Hall–Kier alpha value is -2.73. The number of carbonyl (C=O) groups is 1. The fraction of sp³-hybridized carbons (Fsp3) is 0.120. The summed E-state index contributed by atoms with van der Waals surface area (Å²) in [6.45, 7) is 2.68. The Labute approximate surface area is 216 Å². The van der Waals surface area contributed by atoms with Gasteiger partial charge in [0.2, 0.25) is 0 Å². The van der Waals surface area contributed by atoms with Gasteiger partial charge < -0.3 is 14.8 Å². The van der Waals surface area contributed by atoms with Crippen LogP contribution in [0.4, 0.5) is 5.69 Å². The molecule has 33 heavy (non-hydrogen) atoms. The van der Waals surface area contributed by atoms with Crippen LogP contribution in [0.5, 0.6) is 11.5 Å². The first kappa shape index (κ1) is 24.9. The molecule has 0 aliphatic rings. The molecular weight excluding hydrogens is 574 g/mol. The lowest BCUT2D eigenvalue weighted by atomic mass is 10.1. The number of benzene rings is 3. The van der Waals surface area contributed by atoms with Crippen molar-refractivity contribution in [1.29, 1.82) is 5.26 Å². The molecule has 0 spiro atoms. The van der Waals surface area contributed by atoms with Crippen LogP contribution in [-0.2, 0) is 11.4 Å². The van der Waals surface area contributed by atoms with Gasteiger partial charge in [-0.1, -0.05) is 41.4 Å². The highest BCUT2D eigenvalue weighted by Gasteiger charge is 2.13. The maximum absolute atomic E-state index is 12.6. The number of amides is 1. The predicted molar refractivity (Wildman–Crippen MR) is 140 cm³/mol. The number of nitrogens with zero attached hydrogens (tertiary/aromatic N) is 1. The summed E-state index contributed by atoms with van der Waals surface area (Å²) in [6, 6.07) is 19.9. The third-order valence-electron chi connectivity index (χ3n) is 4.40. The summed E-state index contributed by atoms with van der Waals surface area (Å²) >= 11 is 15.0. The number of anilines is 1. The summed E-state index contributed by atoms with van der Waals surface area (Å²) in [5.74, 6) is 0.402. The van der Waals surface area contributed by atoms with E-state index in [1.165, 1.54) is 6.08 Å². The van der Waals surface area contributed by atoms with Crippen LogP contribution in [0.15, 0.2) is 66.2 Å². The number of carbonyl (C=O) groups excluding carboxylic acids is 1. The summed E-state index contributed by atoms with van der Waals surface area (Å²) in [5.41, 5.74) is 1.89. The molecule has 0 radical (unpaired) electrons. The summed E-state index contributed by atoms with van der Waals surface area (Å²) in [5, 5.41) is 12.8. The second-order valence-electron chi connectivity index (χ2n) is 6.81. The Morgan fingerprint density at radius 3 is 2.42 bits per heavy atom. The molecule has 1 N–H and O–H groups in total. The smallest absolute Gasteiger partial charge is 0.266 e. The van der Waals surface area contributed by atoms with Crippen LogP contribution in [0.1, 0.15) is 18.1 Å². The third-order valence-corrected chi connectivity index (χ3v) is 5.68. The molecular formula is C25H19Cl2IN2O3. The fourth-order valence-corrected chi connectivity index (χ4v) is 3.85. The standard InChI is InChI=1S/C25H19Cl2IN2O3/c1-2-32-21-5-3-4-20(13-21)30-25(31)18(14-29)10-17-11-22(26)24(23(27)12-17)33-15-16-6-8-19(28)9-7-16/h3-13H,2,15H2,1H3,(H,30,31)/b18-10-. The number of hydrogen-bond acceptors (Lipinski definition) is 4. The highest BCUT2D eigenvalue weighted by Crippen LogP contribution is 2.35. The zero-order valence-corrected chi connectivity index (χ0v) is 21.2. The SMILES string of the molecule is CCOc1cccc(NC(=O)/C(C#N)=C\c2cc(Cl)c(OCc3ccc(I)cc3)c(Cl)c2)c1. The first-order valence-electron chi connectivity index (χ1n) is 9.92. The van der Waals surface area contributed by atoms with Crippen molar-refractivity contribution in [1.82, 2.24) is 0 Å². The topological polar surface area (TPSA) is 71.3 Å². The predicted octanol–water partition coefficient (Wildman–Crippen LogP) is 7.12. The first-order valence-corrected chi connectivity index (χ1v) is 11.8. The molecule has 3 aromatic carbocycles. The van der Waals surface area contributed by atoms with Crippen molar-refractivity contribution < 1.29 is 14.3 Å². The van der Waals surface area contributed by atoms with Gasteiger partial charge in [0, 0.05) is 15.3 Å². The van der Waals surface area contributed by atoms with E-state index in [1.54, 1.807) is 36.4 Å². The van der Waals surface area contributed by atoms with Crippen LogP contribution >= 0.6 is 45.8 Å². The first-order chi connectivity index (χ1) is 15.9. The van der Waals surface area contributed by atoms with Crippen molar-refractivity contribution in [2.75, 3.05) is 11.9 Å². The number of rotatable bonds is 8. The van der Waals surface area contributed by atoms with E-state index in [0.717, 1.165) is 9.13 Å². The molecule has 1 amide bonds. The number of nitriles is 1. The molecule has 0 atom stereocenters. The Morgan fingerprint density at radius 2 is 1.79 bits per heavy atom. The minimum Gasteiger partial charge on any atom is -0.494 e. The monoisotopic (exact) mass is 592 g/mol. The van der Waals surface area contributed by atoms with E-state index in [-0.39, 0.29) is 15.6 Å². The fourth-order valence-electron chi connectivity index (χ4n) is 2.88. The van der Waals surface area contributed by atoms with E-state index < -0.39 is 5.91 Å². The molecule has 3 rings (SSSR count). The van der Waals surface area contributed by atoms with Crippen LogP contribution in [-0.4, -0.2) is 12.5 Å². The van der Waals surface area contributed by atoms with E-state index in [4.69, 9.17) is 32.7 Å². The van der Waals surface area contributed by atoms with Crippen molar-refractivity contribution in [2.45, 2.75) is 13.5 Å². The molecule has 5 nitrogen and oxygen atoms in total. The van der Waals surface area contributed by atoms with Crippen molar-refractivity contribution in [2.24, 2.45) is 0 Å². The van der Waals surface area contributed by atoms with E-state index >= 15 is 0 Å². The average molecular weight is 593 g/mol. The number of nitrogens with one attached hydrogen (secondary N) is 1. The summed E-state index contributed by atoms with van der Waals surface area (Å²) in [6.07, 6.45) is 1.42. The molecule has 0 saturated heterocycles. The Morgan fingerprint density at radius 1 is 1.09 bits per heavy atom. The lowest BCUT2D eigenvalue weighted by Gasteiger charge is -2.11. The number of hydrogen-bond donors (Lipinski definition) is 1. The van der Waals surface area contributed by atoms with E-state index in [0.29, 0.717) is 36.0 Å². The molecule has 3 aromatic rings. The molecule has 8 heteroatoms. The second-order valence-corrected chi connectivity index (χ2v) is 8.87. The molecule has 168 valence electrons. The molecule has 0 fully saturated rings. The maximum atomic E-state index is 12.6. The largest absolute Gasteiger partial charge is 0.494 e. The van der Waals surface area contributed by atoms with E-state index in [2.05, 4.69) is 27.9 Å². The van der Waals surface area contributed by atoms with E-state index in [9.17, 15) is 10.1 Å². The molecule has 0 aliphatic heterocycles. The lowest BCUT2D eigenvalue weighted by Crippen LogP contribution is -2.13. The van der Waals surface area contributed by atoms with Crippen LogP contribution in [0, 0.1) is 14.9 Å². The Balaban J connectivity index is 1.75. The molecule has 0 unspecified atom stereocenters. The quantitative estimate of drug-likeness (QED) is 0.172. The lowest BCUT2D eigenvalue weighted by molar-refractivity contribution is -0.112. The minimum absolute atomic E-state index is 0.100. The normalized spacial score (nSPS) is 10.9. The van der Waals surface area contributed by atoms with Crippen molar-refractivity contribution >= 4 is 63.5 Å². The van der Waals surface area contributed by atoms with Crippen molar-refractivity contribution in [3.05, 3.63) is 91.0 Å². The Kier molecular flexibility index (Phi) is 9.01. The van der Waals surface area contributed by atoms with Crippen molar-refractivity contribution in [3.8, 4) is 17.6 Å². The Bertz CT molecular complexity index is 1200. The average Bonchev–Trinajstić information content (AvgIpc) is 2.78. The van der Waals surface area contributed by atoms with Crippen LogP contribution < -0.4 is 14.8 Å². The molecule has 0 heterocycles. The zero-order chi connectivity index (χ0) is 23.8. The van der Waals surface area contributed by atoms with Gasteiger partial charge in [-0.05, 0) is 83.1 Å². The van der Waals surface area contributed by atoms with Gasteiger partial charge in [-0.25, -0.2) is 0 Å². The molecule has 0 aliphatic carbocycles. The van der Waals surface area contributed by atoms with Gasteiger partial charge in [0.15, 0.2) is 5.75 Å². The van der Waals surface area contributed by atoms with Gasteiger partial charge in [0.25, 0.3) is 5.91 Å². The van der Waals surface area contributed by atoms with Crippen LogP contribution in [0.25, 0.3) is 6.08 Å². The summed E-state index contributed by atoms with van der Waals surface area (Å²) in [4.78, 5) is 12.6. The highest BCUT2D eigenvalue weighted by molar-refractivity contribution is 14.1. The van der Waals surface area contributed by atoms with Gasteiger partial charge in [-0.2, -0.15) is 5.26 Å². The second kappa shape index (κ2) is 11.9. The van der Waals surface area contributed by atoms with Gasteiger partial charge in [0.05, 0.1) is 16.7 Å². The molecule has 0 saturated carbocycles. The van der Waals surface area contributed by atoms with Crippen LogP contribution in [0.2, 0.25) is 10.0 Å². The molecule has 0 aromatic heterocycles. The highest BCUT2D eigenvalue weighted by atomic mass is 127. The van der Waals surface area contributed by atoms with Gasteiger partial charge in [-0.15, -0.1) is 0 Å². The van der Waals surface area contributed by atoms with Gasteiger partial charge in [-0.3, -0.25) is 4.79 Å². The minimum atomic E-state index is -0.558. The summed E-state index contributed by atoms with van der Waals surface area (Å²) in [7, 11) is 0.